The van der Waals surface area contributed by atoms with Crippen LogP contribution in [-0.4, -0.2) is 32.6 Å². The van der Waals surface area contributed by atoms with Crippen molar-refractivity contribution in [1.29, 1.82) is 0 Å². The second-order valence-electron chi connectivity index (χ2n) is 7.96. The predicted octanol–water partition coefficient (Wildman–Crippen LogP) is 5.06. The van der Waals surface area contributed by atoms with Crippen LogP contribution in [0, 0.1) is 0 Å². The van der Waals surface area contributed by atoms with E-state index >= 15 is 0 Å². The SMILES string of the molecule is FC(F)(F)c1cccc(Cc2noc(CN3CCCCC3CCc3ccccn3)n2)c1. The molecule has 1 aliphatic rings. The molecular formula is C23H25F3N4O. The molecule has 8 heteroatoms. The van der Waals surface area contributed by atoms with Gasteiger partial charge in [0.05, 0.1) is 12.1 Å². The molecule has 5 nitrogen and oxygen atoms in total. The predicted molar refractivity (Wildman–Crippen MR) is 109 cm³/mol. The number of aryl methyl sites for hydroxylation is 1. The van der Waals surface area contributed by atoms with Gasteiger partial charge < -0.3 is 4.52 Å². The first-order chi connectivity index (χ1) is 15.0. The summed E-state index contributed by atoms with van der Waals surface area (Å²) < 4.78 is 44.2. The molecule has 1 aromatic carbocycles. The van der Waals surface area contributed by atoms with Gasteiger partial charge in [0.25, 0.3) is 0 Å². The van der Waals surface area contributed by atoms with E-state index in [9.17, 15) is 13.2 Å². The van der Waals surface area contributed by atoms with Crippen LogP contribution in [0.15, 0.2) is 53.2 Å². The topological polar surface area (TPSA) is 55.1 Å². The smallest absolute Gasteiger partial charge is 0.338 e. The zero-order valence-electron chi connectivity index (χ0n) is 17.2. The number of alkyl halides is 3. The fourth-order valence-electron chi connectivity index (χ4n) is 4.10. The van der Waals surface area contributed by atoms with Crippen LogP contribution in [-0.2, 0) is 25.6 Å². The minimum atomic E-state index is -4.36. The van der Waals surface area contributed by atoms with Crippen LogP contribution in [0.3, 0.4) is 0 Å². The fraction of sp³-hybridized carbons (Fsp3) is 0.435. The first kappa shape index (κ1) is 21.5. The van der Waals surface area contributed by atoms with Crippen molar-refractivity contribution in [2.45, 2.75) is 57.3 Å². The maximum Gasteiger partial charge on any atom is 0.416 e. The van der Waals surface area contributed by atoms with Crippen LogP contribution in [0.2, 0.25) is 0 Å². The average molecular weight is 430 g/mol. The monoisotopic (exact) mass is 430 g/mol. The summed E-state index contributed by atoms with van der Waals surface area (Å²) in [6.07, 6.45) is 3.05. The van der Waals surface area contributed by atoms with Crippen molar-refractivity contribution in [3.8, 4) is 0 Å². The Morgan fingerprint density at radius 3 is 2.81 bits per heavy atom. The number of aromatic nitrogens is 3. The van der Waals surface area contributed by atoms with Crippen LogP contribution in [0.1, 0.15) is 54.2 Å². The van der Waals surface area contributed by atoms with Gasteiger partial charge in [-0.05, 0) is 56.0 Å². The van der Waals surface area contributed by atoms with Gasteiger partial charge in [-0.1, -0.05) is 35.8 Å². The van der Waals surface area contributed by atoms with Crippen molar-refractivity contribution in [2.24, 2.45) is 0 Å². The van der Waals surface area contributed by atoms with Gasteiger partial charge in [0.2, 0.25) is 5.89 Å². The van der Waals surface area contributed by atoms with E-state index in [4.69, 9.17) is 4.52 Å². The van der Waals surface area contributed by atoms with Crippen LogP contribution in [0.25, 0.3) is 0 Å². The van der Waals surface area contributed by atoms with E-state index in [0.29, 0.717) is 29.9 Å². The Kier molecular flexibility index (Phi) is 6.65. The van der Waals surface area contributed by atoms with Gasteiger partial charge in [-0.3, -0.25) is 9.88 Å². The molecule has 1 aliphatic heterocycles. The van der Waals surface area contributed by atoms with Crippen molar-refractivity contribution in [3.63, 3.8) is 0 Å². The highest BCUT2D eigenvalue weighted by molar-refractivity contribution is 5.27. The molecular weight excluding hydrogens is 405 g/mol. The molecule has 1 fully saturated rings. The first-order valence-electron chi connectivity index (χ1n) is 10.6. The lowest BCUT2D eigenvalue weighted by molar-refractivity contribution is -0.137. The molecule has 0 N–H and O–H groups in total. The Hall–Kier alpha value is -2.74. The number of benzene rings is 1. The normalized spacial score (nSPS) is 17.7. The van der Waals surface area contributed by atoms with Crippen LogP contribution >= 0.6 is 0 Å². The Labute approximate surface area is 179 Å². The zero-order valence-corrected chi connectivity index (χ0v) is 17.2. The summed E-state index contributed by atoms with van der Waals surface area (Å²) in [4.78, 5) is 11.2. The number of halogens is 3. The number of hydrogen-bond donors (Lipinski definition) is 0. The standard InChI is InChI=1S/C23H25F3N4O/c24-23(25,26)18-7-5-6-17(14-18)15-21-28-22(31-29-21)16-30-13-4-2-9-20(30)11-10-19-8-1-3-12-27-19/h1,3,5-8,12,14,20H,2,4,9-11,13,15-16H2. The Morgan fingerprint density at radius 1 is 1.10 bits per heavy atom. The fourth-order valence-corrected chi connectivity index (χ4v) is 4.10. The second-order valence-corrected chi connectivity index (χ2v) is 7.96. The summed E-state index contributed by atoms with van der Waals surface area (Å²) in [5, 5.41) is 3.98. The summed E-state index contributed by atoms with van der Waals surface area (Å²) in [6, 6.07) is 11.6. The first-order valence-corrected chi connectivity index (χ1v) is 10.6. The Bertz CT molecular complexity index is 974. The van der Waals surface area contributed by atoms with Gasteiger partial charge >= 0.3 is 6.18 Å². The molecule has 164 valence electrons. The van der Waals surface area contributed by atoms with E-state index in [1.165, 1.54) is 12.5 Å². The molecule has 0 radical (unpaired) electrons. The van der Waals surface area contributed by atoms with E-state index in [2.05, 4.69) is 20.0 Å². The van der Waals surface area contributed by atoms with Gasteiger partial charge in [-0.25, -0.2) is 0 Å². The van der Waals surface area contributed by atoms with E-state index in [0.717, 1.165) is 50.1 Å². The molecule has 3 heterocycles. The number of likely N-dealkylation sites (tertiary alicyclic amines) is 1. The number of rotatable bonds is 7. The van der Waals surface area contributed by atoms with E-state index in [1.54, 1.807) is 6.07 Å². The summed E-state index contributed by atoms with van der Waals surface area (Å²) in [7, 11) is 0. The third-order valence-corrected chi connectivity index (χ3v) is 5.67. The number of nitrogens with zero attached hydrogens (tertiary/aromatic N) is 4. The Balaban J connectivity index is 1.37. The highest BCUT2D eigenvalue weighted by Crippen LogP contribution is 2.30. The van der Waals surface area contributed by atoms with Crippen molar-refractivity contribution in [3.05, 3.63) is 77.2 Å². The average Bonchev–Trinajstić information content (AvgIpc) is 3.20. The van der Waals surface area contributed by atoms with Gasteiger partial charge in [0.1, 0.15) is 0 Å². The summed E-state index contributed by atoms with van der Waals surface area (Å²) in [6.45, 7) is 1.53. The number of hydrogen-bond acceptors (Lipinski definition) is 5. The molecule has 31 heavy (non-hydrogen) atoms. The van der Waals surface area contributed by atoms with Crippen molar-refractivity contribution in [1.82, 2.24) is 20.0 Å². The van der Waals surface area contributed by atoms with E-state index < -0.39 is 11.7 Å². The van der Waals surface area contributed by atoms with Gasteiger partial charge in [-0.2, -0.15) is 18.2 Å². The van der Waals surface area contributed by atoms with Crippen molar-refractivity contribution >= 4 is 0 Å². The summed E-state index contributed by atoms with van der Waals surface area (Å²) in [5.74, 6) is 0.906. The van der Waals surface area contributed by atoms with Crippen LogP contribution in [0.4, 0.5) is 13.2 Å². The number of piperidine rings is 1. The summed E-state index contributed by atoms with van der Waals surface area (Å²) >= 11 is 0. The molecule has 0 aliphatic carbocycles. The molecule has 0 bridgehead atoms. The van der Waals surface area contributed by atoms with E-state index in [1.807, 2.05) is 24.4 Å². The lowest BCUT2D eigenvalue weighted by Crippen LogP contribution is -2.39. The molecule has 0 saturated carbocycles. The molecule has 0 spiro atoms. The molecule has 2 aromatic heterocycles. The molecule has 1 unspecified atom stereocenters. The van der Waals surface area contributed by atoms with E-state index in [-0.39, 0.29) is 6.42 Å². The Morgan fingerprint density at radius 2 is 2.00 bits per heavy atom. The van der Waals surface area contributed by atoms with Crippen LogP contribution in [0.5, 0.6) is 0 Å². The lowest BCUT2D eigenvalue weighted by Gasteiger charge is -2.34. The quantitative estimate of drug-likeness (QED) is 0.524. The zero-order chi connectivity index (χ0) is 21.7. The lowest BCUT2D eigenvalue weighted by atomic mass is 9.97. The van der Waals surface area contributed by atoms with Gasteiger partial charge in [0.15, 0.2) is 5.82 Å². The second kappa shape index (κ2) is 9.60. The molecule has 3 aromatic rings. The minimum Gasteiger partial charge on any atom is -0.338 e. The van der Waals surface area contributed by atoms with Crippen molar-refractivity contribution < 1.29 is 17.7 Å². The van der Waals surface area contributed by atoms with Crippen LogP contribution < -0.4 is 0 Å². The van der Waals surface area contributed by atoms with Gasteiger partial charge in [0, 0.05) is 24.4 Å². The third kappa shape index (κ3) is 5.91. The maximum absolute atomic E-state index is 12.9. The molecule has 4 rings (SSSR count). The maximum atomic E-state index is 12.9. The minimum absolute atomic E-state index is 0.205. The summed E-state index contributed by atoms with van der Waals surface area (Å²) in [5.41, 5.74) is 0.931. The molecule has 1 saturated heterocycles. The van der Waals surface area contributed by atoms with Gasteiger partial charge in [-0.15, -0.1) is 0 Å². The van der Waals surface area contributed by atoms with Crippen molar-refractivity contribution in [2.75, 3.05) is 6.54 Å². The number of pyridine rings is 1. The molecule has 1 atom stereocenters. The highest BCUT2D eigenvalue weighted by Gasteiger charge is 2.30. The highest BCUT2D eigenvalue weighted by atomic mass is 19.4. The largest absolute Gasteiger partial charge is 0.416 e. The molecule has 0 amide bonds. The third-order valence-electron chi connectivity index (χ3n) is 5.67.